The van der Waals surface area contributed by atoms with E-state index < -0.39 is 10.0 Å². The second kappa shape index (κ2) is 8.64. The van der Waals surface area contributed by atoms with Crippen LogP contribution in [-0.2, 0) is 21.4 Å². The summed E-state index contributed by atoms with van der Waals surface area (Å²) in [6.07, 6.45) is 0.0898. The summed E-state index contributed by atoms with van der Waals surface area (Å²) in [7, 11) is -0.309. The summed E-state index contributed by atoms with van der Waals surface area (Å²) in [6.45, 7) is 0.486. The minimum atomic E-state index is -3.59. The van der Waals surface area contributed by atoms with E-state index in [0.29, 0.717) is 6.54 Å². The zero-order valence-electron chi connectivity index (χ0n) is 14.3. The Morgan fingerprint density at radius 2 is 1.84 bits per heavy atom. The Hall–Kier alpha value is -2.38. The Bertz CT molecular complexity index is 807. The van der Waals surface area contributed by atoms with Gasteiger partial charge < -0.3 is 9.64 Å². The molecule has 6 nitrogen and oxygen atoms in total. The molecule has 0 atom stereocenters. The molecule has 0 bridgehead atoms. The summed E-state index contributed by atoms with van der Waals surface area (Å²) in [5, 5.41) is 0. The number of nitrogens with one attached hydrogen (secondary N) is 1. The molecule has 0 radical (unpaired) electrons. The van der Waals surface area contributed by atoms with Crippen LogP contribution in [-0.4, -0.2) is 39.9 Å². The minimum absolute atomic E-state index is 0.0541. The van der Waals surface area contributed by atoms with Crippen LogP contribution in [0.4, 0.5) is 0 Å². The first kappa shape index (κ1) is 19.0. The summed E-state index contributed by atoms with van der Waals surface area (Å²) < 4.78 is 31.8. The van der Waals surface area contributed by atoms with Crippen molar-refractivity contribution < 1.29 is 17.9 Å². The highest BCUT2D eigenvalue weighted by Gasteiger charge is 2.15. The lowest BCUT2D eigenvalue weighted by atomic mass is 10.2. The first-order chi connectivity index (χ1) is 11.9. The molecule has 0 heterocycles. The molecule has 0 spiro atoms. The molecule has 2 aromatic carbocycles. The lowest BCUT2D eigenvalue weighted by Gasteiger charge is -2.18. The number of carbonyl (C=O) groups excluding carboxylic acids is 1. The van der Waals surface area contributed by atoms with Gasteiger partial charge in [-0.1, -0.05) is 30.3 Å². The molecule has 0 saturated carbocycles. The van der Waals surface area contributed by atoms with Crippen LogP contribution in [0.5, 0.6) is 5.75 Å². The fourth-order valence-electron chi connectivity index (χ4n) is 2.30. The third-order valence-electron chi connectivity index (χ3n) is 3.66. The standard InChI is InChI=1S/C18H22N2O4S/c1-20(14-15-7-6-8-16(13-15)24-2)18(21)11-12-19-25(22,23)17-9-4-3-5-10-17/h3-10,13,19H,11-12,14H2,1-2H3. The summed E-state index contributed by atoms with van der Waals surface area (Å²) in [5.74, 6) is 0.590. The number of hydrogen-bond acceptors (Lipinski definition) is 4. The number of carbonyl (C=O) groups is 1. The molecule has 1 N–H and O–H groups in total. The second-order valence-electron chi connectivity index (χ2n) is 5.56. The Labute approximate surface area is 148 Å². The molecule has 0 aromatic heterocycles. The molecule has 0 aliphatic rings. The molecule has 7 heteroatoms. The first-order valence-corrected chi connectivity index (χ1v) is 9.32. The van der Waals surface area contributed by atoms with Gasteiger partial charge in [0.25, 0.3) is 0 Å². The molecule has 2 rings (SSSR count). The molecule has 134 valence electrons. The fraction of sp³-hybridized carbons (Fsp3) is 0.278. The number of amides is 1. The lowest BCUT2D eigenvalue weighted by molar-refractivity contribution is -0.130. The Kier molecular flexibility index (Phi) is 6.55. The maximum atomic E-state index is 12.2. The van der Waals surface area contributed by atoms with Crippen molar-refractivity contribution in [3.05, 3.63) is 60.2 Å². The Morgan fingerprint density at radius 1 is 1.12 bits per heavy atom. The third-order valence-corrected chi connectivity index (χ3v) is 5.14. The van der Waals surface area contributed by atoms with Crippen LogP contribution >= 0.6 is 0 Å². The van der Waals surface area contributed by atoms with Crippen LogP contribution < -0.4 is 9.46 Å². The highest BCUT2D eigenvalue weighted by molar-refractivity contribution is 7.89. The van der Waals surface area contributed by atoms with Crippen LogP contribution in [0.2, 0.25) is 0 Å². The van der Waals surface area contributed by atoms with Gasteiger partial charge in [-0.2, -0.15) is 0 Å². The van der Waals surface area contributed by atoms with E-state index in [1.165, 1.54) is 12.1 Å². The highest BCUT2D eigenvalue weighted by atomic mass is 32.2. The average molecular weight is 362 g/mol. The monoisotopic (exact) mass is 362 g/mol. The number of benzene rings is 2. The summed E-state index contributed by atoms with van der Waals surface area (Å²) >= 11 is 0. The number of nitrogens with zero attached hydrogens (tertiary/aromatic N) is 1. The highest BCUT2D eigenvalue weighted by Crippen LogP contribution is 2.14. The number of ether oxygens (including phenoxy) is 1. The van der Waals surface area contributed by atoms with E-state index in [2.05, 4.69) is 4.72 Å². The predicted molar refractivity (Wildman–Crippen MR) is 95.7 cm³/mol. The van der Waals surface area contributed by atoms with Crippen LogP contribution in [0.3, 0.4) is 0 Å². The number of hydrogen-bond donors (Lipinski definition) is 1. The van der Waals surface area contributed by atoms with Crippen LogP contribution in [0.15, 0.2) is 59.5 Å². The summed E-state index contributed by atoms with van der Waals surface area (Å²) in [4.78, 5) is 13.9. The van der Waals surface area contributed by atoms with E-state index in [-0.39, 0.29) is 23.8 Å². The predicted octanol–water partition coefficient (Wildman–Crippen LogP) is 2.02. The van der Waals surface area contributed by atoms with E-state index in [1.807, 2.05) is 24.3 Å². The number of methoxy groups -OCH3 is 1. The lowest BCUT2D eigenvalue weighted by Crippen LogP contribution is -2.31. The van der Waals surface area contributed by atoms with Gasteiger partial charge in [0.1, 0.15) is 5.75 Å². The normalized spacial score (nSPS) is 11.1. The fourth-order valence-corrected chi connectivity index (χ4v) is 3.35. The van der Waals surface area contributed by atoms with Gasteiger partial charge in [-0.25, -0.2) is 13.1 Å². The van der Waals surface area contributed by atoms with Crippen molar-refractivity contribution in [3.8, 4) is 5.75 Å². The van der Waals surface area contributed by atoms with Crippen molar-refractivity contribution in [1.29, 1.82) is 0 Å². The zero-order chi connectivity index (χ0) is 18.3. The van der Waals surface area contributed by atoms with E-state index in [9.17, 15) is 13.2 Å². The molecule has 0 aliphatic carbocycles. The van der Waals surface area contributed by atoms with Crippen molar-refractivity contribution >= 4 is 15.9 Å². The minimum Gasteiger partial charge on any atom is -0.497 e. The van der Waals surface area contributed by atoms with E-state index in [4.69, 9.17) is 4.74 Å². The third kappa shape index (κ3) is 5.58. The largest absolute Gasteiger partial charge is 0.497 e. The average Bonchev–Trinajstić information content (AvgIpc) is 2.62. The zero-order valence-corrected chi connectivity index (χ0v) is 15.1. The maximum absolute atomic E-state index is 12.2. The number of rotatable bonds is 8. The van der Waals surface area contributed by atoms with Crippen LogP contribution in [0, 0.1) is 0 Å². The summed E-state index contributed by atoms with van der Waals surface area (Å²) in [5.41, 5.74) is 0.945. The van der Waals surface area contributed by atoms with Crippen molar-refractivity contribution in [2.75, 3.05) is 20.7 Å². The first-order valence-electron chi connectivity index (χ1n) is 7.84. The van der Waals surface area contributed by atoms with Gasteiger partial charge in [0.15, 0.2) is 0 Å². The maximum Gasteiger partial charge on any atom is 0.240 e. The smallest absolute Gasteiger partial charge is 0.240 e. The molecule has 25 heavy (non-hydrogen) atoms. The van der Waals surface area contributed by atoms with Crippen LogP contribution in [0.1, 0.15) is 12.0 Å². The van der Waals surface area contributed by atoms with Gasteiger partial charge in [-0.3, -0.25) is 4.79 Å². The topological polar surface area (TPSA) is 75.7 Å². The number of sulfonamides is 1. The molecular formula is C18H22N2O4S. The van der Waals surface area contributed by atoms with Gasteiger partial charge in [-0.15, -0.1) is 0 Å². The molecule has 1 amide bonds. The summed E-state index contributed by atoms with van der Waals surface area (Å²) in [6, 6.07) is 15.5. The second-order valence-corrected chi connectivity index (χ2v) is 7.33. The van der Waals surface area contributed by atoms with Crippen molar-refractivity contribution in [2.45, 2.75) is 17.9 Å². The Morgan fingerprint density at radius 3 is 2.52 bits per heavy atom. The van der Waals surface area contributed by atoms with Crippen molar-refractivity contribution in [1.82, 2.24) is 9.62 Å². The van der Waals surface area contributed by atoms with Crippen molar-refractivity contribution in [3.63, 3.8) is 0 Å². The Balaban J connectivity index is 1.85. The van der Waals surface area contributed by atoms with Gasteiger partial charge in [0.2, 0.25) is 15.9 Å². The van der Waals surface area contributed by atoms with Gasteiger partial charge in [-0.05, 0) is 29.8 Å². The molecule has 0 aliphatic heterocycles. The molecular weight excluding hydrogens is 340 g/mol. The molecule has 0 saturated heterocycles. The quantitative estimate of drug-likeness (QED) is 0.780. The van der Waals surface area contributed by atoms with Crippen LogP contribution in [0.25, 0.3) is 0 Å². The molecule has 0 unspecified atom stereocenters. The van der Waals surface area contributed by atoms with Gasteiger partial charge in [0, 0.05) is 26.6 Å². The van der Waals surface area contributed by atoms with Gasteiger partial charge >= 0.3 is 0 Å². The van der Waals surface area contributed by atoms with E-state index in [0.717, 1.165) is 11.3 Å². The van der Waals surface area contributed by atoms with E-state index >= 15 is 0 Å². The molecule has 2 aromatic rings. The van der Waals surface area contributed by atoms with Gasteiger partial charge in [0.05, 0.1) is 12.0 Å². The SMILES string of the molecule is COc1cccc(CN(C)C(=O)CCNS(=O)(=O)c2ccccc2)c1. The molecule has 0 fully saturated rings. The van der Waals surface area contributed by atoms with Crippen molar-refractivity contribution in [2.24, 2.45) is 0 Å². The van der Waals surface area contributed by atoms with E-state index in [1.54, 1.807) is 37.3 Å².